The highest BCUT2D eigenvalue weighted by atomic mass is 35.5. The number of piperidine rings is 1. The molecule has 0 bridgehead atoms. The molecule has 2 aromatic rings. The van der Waals surface area contributed by atoms with Crippen LogP contribution in [0.4, 0.5) is 0 Å². The van der Waals surface area contributed by atoms with Gasteiger partial charge in [0, 0.05) is 24.2 Å². The molecule has 2 fully saturated rings. The summed E-state index contributed by atoms with van der Waals surface area (Å²) in [6.07, 6.45) is 8.13. The molecule has 8 heteroatoms. The van der Waals surface area contributed by atoms with Gasteiger partial charge in [0.05, 0.1) is 18.7 Å². The van der Waals surface area contributed by atoms with Crippen LogP contribution >= 0.6 is 11.6 Å². The number of hydrogen-bond acceptors (Lipinski definition) is 4. The quantitative estimate of drug-likeness (QED) is 0.813. The van der Waals surface area contributed by atoms with Gasteiger partial charge in [0.2, 0.25) is 5.91 Å². The molecule has 2 heterocycles. The maximum Gasteiger partial charge on any atom is 0.273 e. The zero-order valence-corrected chi connectivity index (χ0v) is 17.1. The minimum atomic E-state index is -0.141. The van der Waals surface area contributed by atoms with Gasteiger partial charge in [-0.2, -0.15) is 0 Å². The van der Waals surface area contributed by atoms with Crippen molar-refractivity contribution in [2.45, 2.75) is 57.0 Å². The number of likely N-dealkylation sites (tertiary alicyclic amines) is 1. The molecule has 29 heavy (non-hydrogen) atoms. The van der Waals surface area contributed by atoms with Crippen LogP contribution in [0.2, 0.25) is 5.02 Å². The average Bonchev–Trinajstić information content (AvgIpc) is 3.40. The van der Waals surface area contributed by atoms with E-state index in [0.717, 1.165) is 31.2 Å². The molecule has 4 rings (SSSR count). The van der Waals surface area contributed by atoms with Crippen LogP contribution in [0.3, 0.4) is 0 Å². The molecule has 1 N–H and O–H groups in total. The van der Waals surface area contributed by atoms with Crippen LogP contribution in [0.1, 0.15) is 60.6 Å². The third-order valence-corrected chi connectivity index (χ3v) is 6.10. The molecule has 0 spiro atoms. The van der Waals surface area contributed by atoms with Crippen molar-refractivity contribution in [3.8, 4) is 0 Å². The van der Waals surface area contributed by atoms with Crippen LogP contribution in [0.25, 0.3) is 0 Å². The summed E-state index contributed by atoms with van der Waals surface area (Å²) < 4.78 is 1.78. The first kappa shape index (κ1) is 19.9. The Hall–Kier alpha value is -2.41. The number of benzene rings is 1. The molecule has 2 amide bonds. The first-order chi connectivity index (χ1) is 14.1. The fourth-order valence-corrected chi connectivity index (χ4v) is 4.41. The molecular formula is C21H26ClN5O2. The Balaban J connectivity index is 1.28. The van der Waals surface area contributed by atoms with Crippen molar-refractivity contribution in [3.05, 3.63) is 46.7 Å². The number of rotatable bonds is 5. The van der Waals surface area contributed by atoms with Crippen molar-refractivity contribution in [2.75, 3.05) is 13.1 Å². The summed E-state index contributed by atoms with van der Waals surface area (Å²) in [6.45, 7) is 1.35. The van der Waals surface area contributed by atoms with Gasteiger partial charge < -0.3 is 10.2 Å². The second-order valence-electron chi connectivity index (χ2n) is 7.96. The molecule has 0 radical (unpaired) electrons. The van der Waals surface area contributed by atoms with Gasteiger partial charge in [0.25, 0.3) is 5.91 Å². The smallest absolute Gasteiger partial charge is 0.273 e. The van der Waals surface area contributed by atoms with Crippen LogP contribution in [0.5, 0.6) is 0 Å². The lowest BCUT2D eigenvalue weighted by atomic mass is 10.0. The lowest BCUT2D eigenvalue weighted by Gasteiger charge is -2.32. The second-order valence-corrected chi connectivity index (χ2v) is 8.39. The van der Waals surface area contributed by atoms with Crippen molar-refractivity contribution in [1.82, 2.24) is 25.2 Å². The SMILES string of the molecule is O=C(NC1CCCC1)c1cn(C2CCN(C(=O)Cc3cccc(Cl)c3)CC2)nn1. The van der Waals surface area contributed by atoms with E-state index in [2.05, 4.69) is 15.6 Å². The summed E-state index contributed by atoms with van der Waals surface area (Å²) in [5.74, 6) is -0.0294. The standard InChI is InChI=1S/C21H26ClN5O2/c22-16-5-3-4-15(12-16)13-20(28)26-10-8-18(9-11-26)27-14-19(24-25-27)21(29)23-17-6-1-2-7-17/h3-5,12,14,17-18H,1-2,6-11,13H2,(H,23,29). The predicted molar refractivity (Wildman–Crippen MR) is 110 cm³/mol. The van der Waals surface area contributed by atoms with Crippen LogP contribution in [-0.2, 0) is 11.2 Å². The molecule has 7 nitrogen and oxygen atoms in total. The van der Waals surface area contributed by atoms with Crippen molar-refractivity contribution < 1.29 is 9.59 Å². The van der Waals surface area contributed by atoms with Crippen LogP contribution in [0, 0.1) is 0 Å². The summed E-state index contributed by atoms with van der Waals surface area (Å²) in [5.41, 5.74) is 1.30. The number of nitrogens with zero attached hydrogens (tertiary/aromatic N) is 4. The number of aromatic nitrogens is 3. The van der Waals surface area contributed by atoms with Gasteiger partial charge in [0.1, 0.15) is 0 Å². The maximum absolute atomic E-state index is 12.6. The van der Waals surface area contributed by atoms with Crippen molar-refractivity contribution in [3.63, 3.8) is 0 Å². The maximum atomic E-state index is 12.6. The predicted octanol–water partition coefficient (Wildman–Crippen LogP) is 3.01. The highest BCUT2D eigenvalue weighted by Gasteiger charge is 2.26. The number of hydrogen-bond donors (Lipinski definition) is 1. The number of halogens is 1. The molecule has 0 unspecified atom stereocenters. The summed E-state index contributed by atoms with van der Waals surface area (Å²) in [7, 11) is 0. The van der Waals surface area contributed by atoms with Gasteiger partial charge in [-0.1, -0.05) is 41.8 Å². The van der Waals surface area contributed by atoms with Gasteiger partial charge in [-0.25, -0.2) is 4.68 Å². The summed E-state index contributed by atoms with van der Waals surface area (Å²) >= 11 is 6.00. The Labute approximate surface area is 175 Å². The summed E-state index contributed by atoms with van der Waals surface area (Å²) in [5, 5.41) is 11.9. The first-order valence-corrected chi connectivity index (χ1v) is 10.7. The van der Waals surface area contributed by atoms with Gasteiger partial charge in [0.15, 0.2) is 5.69 Å². The van der Waals surface area contributed by atoms with Crippen LogP contribution in [0.15, 0.2) is 30.5 Å². The fraction of sp³-hybridized carbons (Fsp3) is 0.524. The van der Waals surface area contributed by atoms with Crippen LogP contribution < -0.4 is 5.32 Å². The third-order valence-electron chi connectivity index (χ3n) is 5.87. The first-order valence-electron chi connectivity index (χ1n) is 10.3. The zero-order chi connectivity index (χ0) is 20.2. The van der Waals surface area contributed by atoms with Gasteiger partial charge in [-0.15, -0.1) is 5.10 Å². The van der Waals surface area contributed by atoms with E-state index in [4.69, 9.17) is 11.6 Å². The summed E-state index contributed by atoms with van der Waals surface area (Å²) in [6, 6.07) is 7.85. The third kappa shape index (κ3) is 4.96. The highest BCUT2D eigenvalue weighted by molar-refractivity contribution is 6.30. The number of carbonyl (C=O) groups is 2. The van der Waals surface area contributed by atoms with Gasteiger partial charge in [-0.3, -0.25) is 9.59 Å². The van der Waals surface area contributed by atoms with E-state index >= 15 is 0 Å². The normalized spacial score (nSPS) is 18.2. The molecule has 1 aliphatic carbocycles. The van der Waals surface area contributed by atoms with E-state index in [1.54, 1.807) is 16.9 Å². The van der Waals surface area contributed by atoms with E-state index in [1.165, 1.54) is 12.8 Å². The molecule has 154 valence electrons. The fourth-order valence-electron chi connectivity index (χ4n) is 4.20. The lowest BCUT2D eigenvalue weighted by Crippen LogP contribution is -2.40. The Morgan fingerprint density at radius 2 is 1.90 bits per heavy atom. The molecule has 1 aromatic heterocycles. The van der Waals surface area contributed by atoms with Crippen LogP contribution in [-0.4, -0.2) is 50.8 Å². The number of carbonyl (C=O) groups excluding carboxylic acids is 2. The number of amides is 2. The molecule has 1 aromatic carbocycles. The Morgan fingerprint density at radius 3 is 2.62 bits per heavy atom. The minimum absolute atomic E-state index is 0.112. The zero-order valence-electron chi connectivity index (χ0n) is 16.4. The van der Waals surface area contributed by atoms with Gasteiger partial charge >= 0.3 is 0 Å². The topological polar surface area (TPSA) is 80.1 Å². The molecule has 1 aliphatic heterocycles. The largest absolute Gasteiger partial charge is 0.348 e. The summed E-state index contributed by atoms with van der Waals surface area (Å²) in [4.78, 5) is 26.8. The molecule has 1 saturated carbocycles. The molecular weight excluding hydrogens is 390 g/mol. The molecule has 2 aliphatic rings. The van der Waals surface area contributed by atoms with Gasteiger partial charge in [-0.05, 0) is 43.4 Å². The minimum Gasteiger partial charge on any atom is -0.348 e. The van der Waals surface area contributed by atoms with E-state index in [0.29, 0.717) is 30.2 Å². The molecule has 0 atom stereocenters. The van der Waals surface area contributed by atoms with E-state index in [1.807, 2.05) is 23.1 Å². The van der Waals surface area contributed by atoms with Crippen molar-refractivity contribution in [2.24, 2.45) is 0 Å². The Kier molecular flexibility index (Phi) is 6.13. The van der Waals surface area contributed by atoms with E-state index in [9.17, 15) is 9.59 Å². The second kappa shape index (κ2) is 8.95. The van der Waals surface area contributed by atoms with E-state index in [-0.39, 0.29) is 23.9 Å². The Bertz CT molecular complexity index is 869. The van der Waals surface area contributed by atoms with Crippen molar-refractivity contribution in [1.29, 1.82) is 0 Å². The highest BCUT2D eigenvalue weighted by Crippen LogP contribution is 2.23. The Morgan fingerprint density at radius 1 is 1.14 bits per heavy atom. The molecule has 1 saturated heterocycles. The lowest BCUT2D eigenvalue weighted by molar-refractivity contribution is -0.131. The average molecular weight is 416 g/mol. The van der Waals surface area contributed by atoms with E-state index < -0.39 is 0 Å². The van der Waals surface area contributed by atoms with Crippen molar-refractivity contribution >= 4 is 23.4 Å². The monoisotopic (exact) mass is 415 g/mol. The number of nitrogens with one attached hydrogen (secondary N) is 1.